The molecule has 2 N–H and O–H groups in total. The molecule has 1 saturated carbocycles. The molecule has 1 aromatic carbocycles. The zero-order valence-electron chi connectivity index (χ0n) is 11.3. The molecule has 0 spiro atoms. The summed E-state index contributed by atoms with van der Waals surface area (Å²) in [5.41, 5.74) is 1.15. The highest BCUT2D eigenvalue weighted by Crippen LogP contribution is 2.29. The molecule has 1 aliphatic rings. The molecule has 0 saturated heterocycles. The molecule has 18 heavy (non-hydrogen) atoms. The fraction of sp³-hybridized carbons (Fsp3) is 0.600. The molecule has 1 aromatic rings. The molecule has 1 unspecified atom stereocenters. The van der Waals surface area contributed by atoms with Crippen LogP contribution in [-0.2, 0) is 0 Å². The maximum Gasteiger partial charge on any atom is 0.118 e. The first-order valence-electron chi connectivity index (χ1n) is 6.70. The van der Waals surface area contributed by atoms with Crippen LogP contribution in [0.3, 0.4) is 0 Å². The van der Waals surface area contributed by atoms with Gasteiger partial charge in [0.05, 0.1) is 13.2 Å². The van der Waals surface area contributed by atoms with E-state index < -0.39 is 6.10 Å². The van der Waals surface area contributed by atoms with Gasteiger partial charge in [-0.1, -0.05) is 25.0 Å². The van der Waals surface area contributed by atoms with E-state index in [1.54, 1.807) is 7.11 Å². The zero-order chi connectivity index (χ0) is 13.0. The van der Waals surface area contributed by atoms with Gasteiger partial charge in [0.2, 0.25) is 0 Å². The van der Waals surface area contributed by atoms with Gasteiger partial charge in [-0.3, -0.25) is 0 Å². The van der Waals surface area contributed by atoms with Gasteiger partial charge in [0.25, 0.3) is 0 Å². The predicted molar refractivity (Wildman–Crippen MR) is 72.8 cm³/mol. The van der Waals surface area contributed by atoms with Crippen molar-refractivity contribution in [2.24, 2.45) is 0 Å². The molecule has 100 valence electrons. The Labute approximate surface area is 109 Å². The lowest BCUT2D eigenvalue weighted by molar-refractivity contribution is 0.159. The Balaban J connectivity index is 1.88. The Morgan fingerprint density at radius 3 is 2.44 bits per heavy atom. The Kier molecular flexibility index (Phi) is 4.25. The molecule has 3 heteroatoms. The summed E-state index contributed by atoms with van der Waals surface area (Å²) in [5, 5.41) is 13.7. The van der Waals surface area contributed by atoms with Crippen LogP contribution < -0.4 is 10.1 Å². The second kappa shape index (κ2) is 5.72. The monoisotopic (exact) mass is 249 g/mol. The molecule has 0 aromatic heterocycles. The highest BCUT2D eigenvalue weighted by Gasteiger charge is 2.28. The van der Waals surface area contributed by atoms with Crippen molar-refractivity contribution >= 4 is 0 Å². The summed E-state index contributed by atoms with van der Waals surface area (Å²) in [6.45, 7) is 2.86. The van der Waals surface area contributed by atoms with Gasteiger partial charge in [-0.2, -0.15) is 0 Å². The van der Waals surface area contributed by atoms with Crippen molar-refractivity contribution in [2.75, 3.05) is 13.7 Å². The molecule has 2 rings (SSSR count). The Hall–Kier alpha value is -1.06. The minimum Gasteiger partial charge on any atom is -0.497 e. The van der Waals surface area contributed by atoms with Gasteiger partial charge in [0.15, 0.2) is 0 Å². The van der Waals surface area contributed by atoms with Crippen LogP contribution in [0.1, 0.15) is 44.3 Å². The fourth-order valence-corrected chi connectivity index (χ4v) is 2.62. The Bertz CT molecular complexity index is 369. The van der Waals surface area contributed by atoms with Crippen LogP contribution in [0.5, 0.6) is 5.75 Å². The molecule has 1 atom stereocenters. The van der Waals surface area contributed by atoms with Crippen LogP contribution >= 0.6 is 0 Å². The third kappa shape index (κ3) is 3.24. The molecule has 0 radical (unpaired) electrons. The maximum atomic E-state index is 10.2. The SMILES string of the molecule is COc1ccc(C(O)CNC2(C)CCCC2)cc1. The van der Waals surface area contributed by atoms with Crippen molar-refractivity contribution in [3.05, 3.63) is 29.8 Å². The van der Waals surface area contributed by atoms with Crippen LogP contribution in [0.15, 0.2) is 24.3 Å². The van der Waals surface area contributed by atoms with Gasteiger partial charge in [-0.15, -0.1) is 0 Å². The van der Waals surface area contributed by atoms with Crippen molar-refractivity contribution in [1.29, 1.82) is 0 Å². The van der Waals surface area contributed by atoms with E-state index in [4.69, 9.17) is 4.74 Å². The van der Waals surface area contributed by atoms with E-state index in [9.17, 15) is 5.11 Å². The summed E-state index contributed by atoms with van der Waals surface area (Å²) in [4.78, 5) is 0. The lowest BCUT2D eigenvalue weighted by atomic mass is 10.00. The topological polar surface area (TPSA) is 41.5 Å². The summed E-state index contributed by atoms with van der Waals surface area (Å²) in [6, 6.07) is 7.61. The first-order valence-corrected chi connectivity index (χ1v) is 6.70. The van der Waals surface area contributed by atoms with E-state index in [1.807, 2.05) is 24.3 Å². The standard InChI is InChI=1S/C15H23NO2/c1-15(9-3-4-10-15)16-11-14(17)12-5-7-13(18-2)8-6-12/h5-8,14,16-17H,3-4,9-11H2,1-2H3. The molecule has 0 amide bonds. The van der Waals surface area contributed by atoms with Gasteiger partial charge in [-0.25, -0.2) is 0 Å². The van der Waals surface area contributed by atoms with E-state index in [2.05, 4.69) is 12.2 Å². The molecular weight excluding hydrogens is 226 g/mol. The van der Waals surface area contributed by atoms with Gasteiger partial charge < -0.3 is 15.2 Å². The number of hydrogen-bond acceptors (Lipinski definition) is 3. The maximum absolute atomic E-state index is 10.2. The molecule has 3 nitrogen and oxygen atoms in total. The fourth-order valence-electron chi connectivity index (χ4n) is 2.62. The van der Waals surface area contributed by atoms with Crippen molar-refractivity contribution in [3.8, 4) is 5.75 Å². The van der Waals surface area contributed by atoms with E-state index in [-0.39, 0.29) is 5.54 Å². The smallest absolute Gasteiger partial charge is 0.118 e. The quantitative estimate of drug-likeness (QED) is 0.843. The molecule has 1 fully saturated rings. The van der Waals surface area contributed by atoms with Crippen LogP contribution in [0.2, 0.25) is 0 Å². The van der Waals surface area contributed by atoms with Gasteiger partial charge in [0.1, 0.15) is 5.75 Å². The first-order chi connectivity index (χ1) is 8.63. The third-order valence-electron chi connectivity index (χ3n) is 3.93. The van der Waals surface area contributed by atoms with Gasteiger partial charge in [0, 0.05) is 12.1 Å². The van der Waals surface area contributed by atoms with Crippen LogP contribution in [-0.4, -0.2) is 24.3 Å². The number of nitrogens with one attached hydrogen (secondary N) is 1. The van der Waals surface area contributed by atoms with Crippen molar-refractivity contribution < 1.29 is 9.84 Å². The highest BCUT2D eigenvalue weighted by molar-refractivity contribution is 5.28. The van der Waals surface area contributed by atoms with Crippen molar-refractivity contribution in [3.63, 3.8) is 0 Å². The molecule has 0 aliphatic heterocycles. The van der Waals surface area contributed by atoms with E-state index in [1.165, 1.54) is 25.7 Å². The predicted octanol–water partition coefficient (Wildman–Crippen LogP) is 2.65. The molecule has 1 aliphatic carbocycles. The average Bonchev–Trinajstić information content (AvgIpc) is 2.83. The Morgan fingerprint density at radius 1 is 1.28 bits per heavy atom. The van der Waals surface area contributed by atoms with Crippen molar-refractivity contribution in [2.45, 2.75) is 44.2 Å². The zero-order valence-corrected chi connectivity index (χ0v) is 11.3. The van der Waals surface area contributed by atoms with Crippen LogP contribution in [0.25, 0.3) is 0 Å². The summed E-state index contributed by atoms with van der Waals surface area (Å²) in [6.07, 6.45) is 4.56. The van der Waals surface area contributed by atoms with Gasteiger partial charge in [-0.05, 0) is 37.5 Å². The molecular formula is C15H23NO2. The number of β-amino-alcohol motifs (C(OH)–C–C–N with tert-alkyl or cyclic N) is 1. The summed E-state index contributed by atoms with van der Waals surface area (Å²) >= 11 is 0. The molecule has 0 bridgehead atoms. The number of hydrogen-bond donors (Lipinski definition) is 2. The summed E-state index contributed by atoms with van der Waals surface area (Å²) in [5.74, 6) is 0.821. The highest BCUT2D eigenvalue weighted by atomic mass is 16.5. The minimum absolute atomic E-state index is 0.216. The Morgan fingerprint density at radius 2 is 1.89 bits per heavy atom. The normalized spacial score (nSPS) is 19.7. The molecule has 0 heterocycles. The third-order valence-corrected chi connectivity index (χ3v) is 3.93. The summed E-state index contributed by atoms with van der Waals surface area (Å²) < 4.78 is 5.11. The lowest BCUT2D eigenvalue weighted by Crippen LogP contribution is -2.41. The number of methoxy groups -OCH3 is 1. The largest absolute Gasteiger partial charge is 0.497 e. The van der Waals surface area contributed by atoms with Gasteiger partial charge >= 0.3 is 0 Å². The number of rotatable bonds is 5. The second-order valence-electron chi connectivity index (χ2n) is 5.44. The van der Waals surface area contributed by atoms with Crippen LogP contribution in [0, 0.1) is 0 Å². The number of aliphatic hydroxyl groups excluding tert-OH is 1. The average molecular weight is 249 g/mol. The first kappa shape index (κ1) is 13.4. The summed E-state index contributed by atoms with van der Waals surface area (Å²) in [7, 11) is 1.65. The van der Waals surface area contributed by atoms with E-state index in [0.717, 1.165) is 11.3 Å². The lowest BCUT2D eigenvalue weighted by Gasteiger charge is -2.27. The van der Waals surface area contributed by atoms with Crippen molar-refractivity contribution in [1.82, 2.24) is 5.32 Å². The van der Waals surface area contributed by atoms with E-state index >= 15 is 0 Å². The number of aliphatic hydroxyl groups is 1. The van der Waals surface area contributed by atoms with Crippen LogP contribution in [0.4, 0.5) is 0 Å². The van der Waals surface area contributed by atoms with E-state index in [0.29, 0.717) is 6.54 Å². The second-order valence-corrected chi connectivity index (χ2v) is 5.44. The number of ether oxygens (including phenoxy) is 1. The minimum atomic E-state index is -0.451. The number of benzene rings is 1.